The normalized spacial score (nSPS) is 16.1. The molecule has 1 aliphatic rings. The van der Waals surface area contributed by atoms with Crippen LogP contribution in [0.5, 0.6) is 0 Å². The van der Waals surface area contributed by atoms with Gasteiger partial charge in [-0.25, -0.2) is 0 Å². The highest BCUT2D eigenvalue weighted by Gasteiger charge is 2.43. The lowest BCUT2D eigenvalue weighted by molar-refractivity contribution is -0.184. The van der Waals surface area contributed by atoms with Gasteiger partial charge in [-0.15, -0.1) is 12.4 Å². The van der Waals surface area contributed by atoms with E-state index >= 15 is 0 Å². The molecule has 152 valence electrons. The fourth-order valence-electron chi connectivity index (χ4n) is 2.81. The highest BCUT2D eigenvalue weighted by molar-refractivity contribution is 5.88. The van der Waals surface area contributed by atoms with Crippen LogP contribution in [-0.2, 0) is 16.0 Å². The van der Waals surface area contributed by atoms with E-state index in [2.05, 4.69) is 16.0 Å². The van der Waals surface area contributed by atoms with Gasteiger partial charge < -0.3 is 16.0 Å². The predicted molar refractivity (Wildman–Crippen MR) is 99.0 cm³/mol. The van der Waals surface area contributed by atoms with Crippen molar-refractivity contribution in [1.82, 2.24) is 15.5 Å². The average molecular weight is 409 g/mol. The summed E-state index contributed by atoms with van der Waals surface area (Å²) in [6.45, 7) is 2.51. The van der Waals surface area contributed by atoms with Gasteiger partial charge >= 0.3 is 6.18 Å². The van der Waals surface area contributed by atoms with Crippen molar-refractivity contribution in [1.29, 1.82) is 0 Å². The number of carbonyl (C=O) groups excluding carboxylic acids is 2. The van der Waals surface area contributed by atoms with Gasteiger partial charge in [-0.3, -0.25) is 14.5 Å². The Bertz CT molecular complexity index is 620. The van der Waals surface area contributed by atoms with Gasteiger partial charge in [0, 0.05) is 45.3 Å². The third kappa shape index (κ3) is 7.74. The summed E-state index contributed by atoms with van der Waals surface area (Å²) < 4.78 is 39.8. The number of carbonyl (C=O) groups is 2. The molecular weight excluding hydrogens is 385 g/mol. The first-order valence-electron chi connectivity index (χ1n) is 8.40. The maximum Gasteiger partial charge on any atom is 0.405 e. The molecule has 0 radical (unpaired) electrons. The van der Waals surface area contributed by atoms with Crippen LogP contribution >= 0.6 is 12.4 Å². The fraction of sp³-hybridized carbons (Fsp3) is 0.529. The molecular formula is C17H24ClF3N4O2. The summed E-state index contributed by atoms with van der Waals surface area (Å²) in [7, 11) is 0. The van der Waals surface area contributed by atoms with E-state index in [0.717, 1.165) is 0 Å². The Hall–Kier alpha value is -1.84. The molecule has 2 amide bonds. The minimum atomic E-state index is -4.40. The van der Waals surface area contributed by atoms with Crippen LogP contribution in [0.4, 0.5) is 18.9 Å². The molecule has 0 saturated carbocycles. The molecule has 1 saturated heterocycles. The average Bonchev–Trinajstić information content (AvgIpc) is 2.56. The maximum atomic E-state index is 13.3. The van der Waals surface area contributed by atoms with Gasteiger partial charge in [0.25, 0.3) is 0 Å². The van der Waals surface area contributed by atoms with Gasteiger partial charge in [0.15, 0.2) is 0 Å². The molecule has 0 bridgehead atoms. The van der Waals surface area contributed by atoms with Gasteiger partial charge in [-0.1, -0.05) is 12.1 Å². The first-order chi connectivity index (χ1) is 12.3. The number of nitrogens with one attached hydrogen (secondary N) is 3. The van der Waals surface area contributed by atoms with E-state index in [4.69, 9.17) is 0 Å². The lowest BCUT2D eigenvalue weighted by Gasteiger charge is -2.35. The van der Waals surface area contributed by atoms with Crippen molar-refractivity contribution in [2.75, 3.05) is 38.0 Å². The fourth-order valence-corrected chi connectivity index (χ4v) is 2.81. The Labute approximate surface area is 162 Å². The van der Waals surface area contributed by atoms with Crippen molar-refractivity contribution in [2.24, 2.45) is 0 Å². The molecule has 10 heteroatoms. The molecule has 1 unspecified atom stereocenters. The molecule has 1 fully saturated rings. The van der Waals surface area contributed by atoms with Crippen molar-refractivity contribution < 1.29 is 22.8 Å². The summed E-state index contributed by atoms with van der Waals surface area (Å²) in [4.78, 5) is 24.3. The van der Waals surface area contributed by atoms with E-state index in [1.165, 1.54) is 11.8 Å². The zero-order valence-electron chi connectivity index (χ0n) is 14.9. The molecule has 1 aromatic rings. The number of hydrogen-bond acceptors (Lipinski definition) is 4. The van der Waals surface area contributed by atoms with E-state index in [-0.39, 0.29) is 24.7 Å². The number of amides is 2. The quantitative estimate of drug-likeness (QED) is 0.668. The SMILES string of the molecule is CC(=O)Nc1ccc(CC(=O)NCC(N2CCNCC2)C(F)(F)F)cc1.Cl. The molecule has 27 heavy (non-hydrogen) atoms. The number of benzene rings is 1. The van der Waals surface area contributed by atoms with Gasteiger partial charge in [-0.05, 0) is 17.7 Å². The highest BCUT2D eigenvalue weighted by Crippen LogP contribution is 2.24. The topological polar surface area (TPSA) is 73.5 Å². The highest BCUT2D eigenvalue weighted by atomic mass is 35.5. The minimum Gasteiger partial charge on any atom is -0.354 e. The predicted octanol–water partition coefficient (Wildman–Crippen LogP) is 1.56. The Morgan fingerprint density at radius 3 is 2.30 bits per heavy atom. The molecule has 6 nitrogen and oxygen atoms in total. The number of anilines is 1. The Balaban J connectivity index is 0.00000364. The first-order valence-corrected chi connectivity index (χ1v) is 8.40. The largest absolute Gasteiger partial charge is 0.405 e. The summed E-state index contributed by atoms with van der Waals surface area (Å²) in [5.74, 6) is -0.678. The number of piperazine rings is 1. The van der Waals surface area contributed by atoms with Crippen LogP contribution in [0.25, 0.3) is 0 Å². The molecule has 0 aromatic heterocycles. The summed E-state index contributed by atoms with van der Waals surface area (Å²) in [6, 6.07) is 4.91. The third-order valence-electron chi connectivity index (χ3n) is 4.10. The van der Waals surface area contributed by atoms with Gasteiger partial charge in [-0.2, -0.15) is 13.2 Å². The molecule has 0 spiro atoms. The number of hydrogen-bond donors (Lipinski definition) is 3. The van der Waals surface area contributed by atoms with Crippen molar-refractivity contribution >= 4 is 29.9 Å². The Morgan fingerprint density at radius 2 is 1.78 bits per heavy atom. The van der Waals surface area contributed by atoms with Crippen LogP contribution in [0, 0.1) is 0 Å². The number of halogens is 4. The first kappa shape index (κ1) is 23.2. The molecule has 2 rings (SSSR count). The molecule has 1 aromatic carbocycles. The number of rotatable bonds is 6. The van der Waals surface area contributed by atoms with Crippen LogP contribution in [0.1, 0.15) is 12.5 Å². The number of alkyl halides is 3. The molecule has 0 aliphatic carbocycles. The molecule has 3 N–H and O–H groups in total. The summed E-state index contributed by atoms with van der Waals surface area (Å²) >= 11 is 0. The van der Waals surface area contributed by atoms with Gasteiger partial charge in [0.05, 0.1) is 6.42 Å². The smallest absolute Gasteiger partial charge is 0.354 e. The summed E-state index contributed by atoms with van der Waals surface area (Å²) in [5, 5.41) is 8.01. The second-order valence-electron chi connectivity index (χ2n) is 6.20. The minimum absolute atomic E-state index is 0. The van der Waals surface area contributed by atoms with Crippen molar-refractivity contribution in [2.45, 2.75) is 25.6 Å². The lowest BCUT2D eigenvalue weighted by atomic mass is 10.1. The molecule has 1 aliphatic heterocycles. The van der Waals surface area contributed by atoms with Crippen molar-refractivity contribution in [3.63, 3.8) is 0 Å². The van der Waals surface area contributed by atoms with Gasteiger partial charge in [0.1, 0.15) is 6.04 Å². The van der Waals surface area contributed by atoms with Crippen LogP contribution in [0.15, 0.2) is 24.3 Å². The van der Waals surface area contributed by atoms with Gasteiger partial charge in [0.2, 0.25) is 11.8 Å². The van der Waals surface area contributed by atoms with E-state index in [1.807, 2.05) is 0 Å². The standard InChI is InChI=1S/C17H23F3N4O2.ClH/c1-12(25)23-14-4-2-13(3-5-14)10-16(26)22-11-15(17(18,19)20)24-8-6-21-7-9-24;/h2-5,15,21H,6-11H2,1H3,(H,22,26)(H,23,25);1H. The molecule has 1 heterocycles. The van der Waals surface area contributed by atoms with Crippen LogP contribution in [0.3, 0.4) is 0 Å². The third-order valence-corrected chi connectivity index (χ3v) is 4.10. The number of nitrogens with zero attached hydrogens (tertiary/aromatic N) is 1. The van der Waals surface area contributed by atoms with E-state index < -0.39 is 24.7 Å². The Kier molecular flexibility index (Phi) is 9.01. The van der Waals surface area contributed by atoms with E-state index in [0.29, 0.717) is 37.4 Å². The van der Waals surface area contributed by atoms with Crippen molar-refractivity contribution in [3.05, 3.63) is 29.8 Å². The second-order valence-corrected chi connectivity index (χ2v) is 6.20. The zero-order valence-corrected chi connectivity index (χ0v) is 15.8. The van der Waals surface area contributed by atoms with Crippen LogP contribution in [0.2, 0.25) is 0 Å². The van der Waals surface area contributed by atoms with E-state index in [9.17, 15) is 22.8 Å². The summed E-state index contributed by atoms with van der Waals surface area (Å²) in [5.41, 5.74) is 1.25. The maximum absolute atomic E-state index is 13.3. The van der Waals surface area contributed by atoms with Crippen molar-refractivity contribution in [3.8, 4) is 0 Å². The second kappa shape index (κ2) is 10.5. The van der Waals surface area contributed by atoms with Crippen LogP contribution in [-0.4, -0.2) is 61.7 Å². The summed E-state index contributed by atoms with van der Waals surface area (Å²) in [6.07, 6.45) is -4.42. The zero-order chi connectivity index (χ0) is 19.2. The van der Waals surface area contributed by atoms with E-state index in [1.54, 1.807) is 24.3 Å². The van der Waals surface area contributed by atoms with Crippen LogP contribution < -0.4 is 16.0 Å². The monoisotopic (exact) mass is 408 g/mol. The lowest BCUT2D eigenvalue weighted by Crippen LogP contribution is -2.57. The Morgan fingerprint density at radius 1 is 1.19 bits per heavy atom. The molecule has 1 atom stereocenters.